The highest BCUT2D eigenvalue weighted by molar-refractivity contribution is 6.01. The number of halogens is 1. The average molecular weight is 232 g/mol. The van der Waals surface area contributed by atoms with E-state index in [1.165, 1.54) is 12.1 Å². The topological polar surface area (TPSA) is 26.3 Å². The van der Waals surface area contributed by atoms with Gasteiger partial charge in [-0.25, -0.2) is 4.39 Å². The number of allylic oxidation sites excluding steroid dienone is 1. The second-order valence-electron chi connectivity index (χ2n) is 4.51. The van der Waals surface area contributed by atoms with Gasteiger partial charge in [-0.3, -0.25) is 4.79 Å². The molecule has 0 spiro atoms. The lowest BCUT2D eigenvalue weighted by molar-refractivity contribution is -0.117. The molecule has 0 N–H and O–H groups in total. The van der Waals surface area contributed by atoms with Gasteiger partial charge in [0.15, 0.2) is 5.78 Å². The normalized spacial score (nSPS) is 23.6. The molecule has 0 amide bonds. The molecular weight excluding hydrogens is 219 g/mol. The van der Waals surface area contributed by atoms with Gasteiger partial charge in [0.1, 0.15) is 11.6 Å². The molecule has 1 aliphatic heterocycles. The highest BCUT2D eigenvalue weighted by Gasteiger charge is 2.34. The fraction of sp³-hybridized carbons (Fsp3) is 0.357. The summed E-state index contributed by atoms with van der Waals surface area (Å²) in [6.45, 7) is 0.617. The zero-order valence-electron chi connectivity index (χ0n) is 9.41. The van der Waals surface area contributed by atoms with Crippen molar-refractivity contribution in [3.8, 4) is 0 Å². The number of ether oxygens (including phenoxy) is 1. The Morgan fingerprint density at radius 2 is 2.18 bits per heavy atom. The number of benzene rings is 1. The van der Waals surface area contributed by atoms with E-state index in [0.29, 0.717) is 13.0 Å². The first kappa shape index (κ1) is 10.5. The van der Waals surface area contributed by atoms with Crippen LogP contribution >= 0.6 is 0 Å². The second kappa shape index (κ2) is 3.99. The number of ketones is 1. The number of hydrogen-bond donors (Lipinski definition) is 0. The molecule has 17 heavy (non-hydrogen) atoms. The van der Waals surface area contributed by atoms with Crippen LogP contribution in [0.25, 0.3) is 0 Å². The van der Waals surface area contributed by atoms with Crippen molar-refractivity contribution in [2.75, 3.05) is 6.61 Å². The van der Waals surface area contributed by atoms with E-state index in [0.717, 1.165) is 29.7 Å². The first-order valence-electron chi connectivity index (χ1n) is 5.90. The third-order valence-electron chi connectivity index (χ3n) is 3.49. The lowest BCUT2D eigenvalue weighted by atomic mass is 9.81. The van der Waals surface area contributed by atoms with Gasteiger partial charge in [0.05, 0.1) is 6.61 Å². The Labute approximate surface area is 99.1 Å². The van der Waals surface area contributed by atoms with Gasteiger partial charge < -0.3 is 4.74 Å². The fourth-order valence-electron chi connectivity index (χ4n) is 2.64. The van der Waals surface area contributed by atoms with Gasteiger partial charge in [0.25, 0.3) is 0 Å². The Balaban J connectivity index is 1.94. The van der Waals surface area contributed by atoms with Gasteiger partial charge in [0, 0.05) is 24.3 Å². The summed E-state index contributed by atoms with van der Waals surface area (Å²) in [5.41, 5.74) is 1.61. The molecule has 1 aromatic carbocycles. The van der Waals surface area contributed by atoms with E-state index >= 15 is 0 Å². The number of hydrogen-bond acceptors (Lipinski definition) is 2. The molecule has 3 rings (SSSR count). The summed E-state index contributed by atoms with van der Waals surface area (Å²) in [6.07, 6.45) is 2.23. The molecule has 2 aliphatic rings. The lowest BCUT2D eigenvalue weighted by Crippen LogP contribution is -2.19. The molecule has 1 heterocycles. The van der Waals surface area contributed by atoms with Crippen molar-refractivity contribution in [2.24, 2.45) is 0 Å². The van der Waals surface area contributed by atoms with E-state index in [2.05, 4.69) is 0 Å². The molecule has 2 nitrogen and oxygen atoms in total. The average Bonchev–Trinajstić information content (AvgIpc) is 2.78. The molecule has 0 radical (unpaired) electrons. The molecule has 0 fully saturated rings. The smallest absolute Gasteiger partial charge is 0.169 e. The van der Waals surface area contributed by atoms with Gasteiger partial charge in [-0.15, -0.1) is 0 Å². The van der Waals surface area contributed by atoms with Gasteiger partial charge in [-0.1, -0.05) is 12.1 Å². The van der Waals surface area contributed by atoms with Crippen molar-refractivity contribution in [3.05, 3.63) is 47.0 Å². The molecule has 88 valence electrons. The van der Waals surface area contributed by atoms with Gasteiger partial charge in [-0.05, 0) is 24.1 Å². The highest BCUT2D eigenvalue weighted by atomic mass is 19.1. The lowest BCUT2D eigenvalue weighted by Gasteiger charge is -2.21. The highest BCUT2D eigenvalue weighted by Crippen LogP contribution is 2.38. The van der Waals surface area contributed by atoms with Crippen molar-refractivity contribution in [3.63, 3.8) is 0 Å². The largest absolute Gasteiger partial charge is 0.497 e. The van der Waals surface area contributed by atoms with Crippen LogP contribution < -0.4 is 0 Å². The van der Waals surface area contributed by atoms with Crippen LogP contribution in [-0.2, 0) is 9.53 Å². The van der Waals surface area contributed by atoms with Gasteiger partial charge in [0.2, 0.25) is 0 Å². The predicted molar refractivity (Wildman–Crippen MR) is 61.0 cm³/mol. The van der Waals surface area contributed by atoms with Crippen LogP contribution in [0.1, 0.15) is 30.7 Å². The summed E-state index contributed by atoms with van der Waals surface area (Å²) in [6, 6.07) is 6.35. The summed E-state index contributed by atoms with van der Waals surface area (Å²) in [4.78, 5) is 12.3. The van der Waals surface area contributed by atoms with E-state index in [9.17, 15) is 9.18 Å². The third-order valence-corrected chi connectivity index (χ3v) is 3.49. The molecule has 1 aliphatic carbocycles. The van der Waals surface area contributed by atoms with Crippen LogP contribution in [0.15, 0.2) is 35.6 Å². The monoisotopic (exact) mass is 232 g/mol. The molecule has 3 heteroatoms. The molecule has 0 aromatic heterocycles. The Morgan fingerprint density at radius 1 is 1.29 bits per heavy atom. The predicted octanol–water partition coefficient (Wildman–Crippen LogP) is 2.95. The maximum absolute atomic E-state index is 13.2. The molecular formula is C14H13FO2. The van der Waals surface area contributed by atoms with Gasteiger partial charge in [-0.2, -0.15) is 0 Å². The molecule has 1 unspecified atom stereocenters. The number of Topliss-reactive ketones (excluding diaryl/α,β-unsaturated/α-hetero) is 1. The van der Waals surface area contributed by atoms with E-state index < -0.39 is 0 Å². The molecule has 1 atom stereocenters. The molecule has 0 saturated carbocycles. The van der Waals surface area contributed by atoms with Crippen molar-refractivity contribution in [2.45, 2.75) is 25.2 Å². The molecule has 0 saturated heterocycles. The maximum atomic E-state index is 13.2. The van der Waals surface area contributed by atoms with E-state index in [1.54, 1.807) is 6.07 Å². The summed E-state index contributed by atoms with van der Waals surface area (Å²) in [5.74, 6) is 0.515. The zero-order valence-corrected chi connectivity index (χ0v) is 9.41. The summed E-state index contributed by atoms with van der Waals surface area (Å²) in [5, 5.41) is 0. The van der Waals surface area contributed by atoms with Crippen LogP contribution in [0, 0.1) is 5.82 Å². The summed E-state index contributed by atoms with van der Waals surface area (Å²) < 4.78 is 18.6. The summed E-state index contributed by atoms with van der Waals surface area (Å²) >= 11 is 0. The van der Waals surface area contributed by atoms with Crippen LogP contribution in [-0.4, -0.2) is 12.4 Å². The Kier molecular flexibility index (Phi) is 2.46. The SMILES string of the molecule is O=C1C2=C(CCC1c1cccc(F)c1)OCC2. The Hall–Kier alpha value is -1.64. The third kappa shape index (κ3) is 1.75. The quantitative estimate of drug-likeness (QED) is 0.744. The Morgan fingerprint density at radius 3 is 3.00 bits per heavy atom. The Bertz CT molecular complexity index is 505. The van der Waals surface area contributed by atoms with Crippen LogP contribution in [0.3, 0.4) is 0 Å². The van der Waals surface area contributed by atoms with Crippen molar-refractivity contribution in [1.82, 2.24) is 0 Å². The minimum atomic E-state index is -0.280. The van der Waals surface area contributed by atoms with Crippen LogP contribution in [0.5, 0.6) is 0 Å². The number of carbonyl (C=O) groups is 1. The van der Waals surface area contributed by atoms with E-state index in [1.807, 2.05) is 6.07 Å². The first-order valence-corrected chi connectivity index (χ1v) is 5.90. The zero-order chi connectivity index (χ0) is 11.8. The van der Waals surface area contributed by atoms with Crippen LogP contribution in [0.2, 0.25) is 0 Å². The molecule has 1 aromatic rings. The second-order valence-corrected chi connectivity index (χ2v) is 4.51. The van der Waals surface area contributed by atoms with Gasteiger partial charge >= 0.3 is 0 Å². The number of carbonyl (C=O) groups excluding carboxylic acids is 1. The maximum Gasteiger partial charge on any atom is 0.169 e. The standard InChI is InChI=1S/C14H13FO2/c15-10-3-1-2-9(8-10)11-4-5-13-12(14(11)16)6-7-17-13/h1-3,8,11H,4-7H2. The van der Waals surface area contributed by atoms with Crippen molar-refractivity contribution < 1.29 is 13.9 Å². The van der Waals surface area contributed by atoms with Crippen molar-refractivity contribution in [1.29, 1.82) is 0 Å². The van der Waals surface area contributed by atoms with E-state index in [4.69, 9.17) is 4.74 Å². The number of rotatable bonds is 1. The summed E-state index contributed by atoms with van der Waals surface area (Å²) in [7, 11) is 0. The minimum absolute atomic E-state index is 0.120. The first-order chi connectivity index (χ1) is 8.25. The minimum Gasteiger partial charge on any atom is -0.497 e. The van der Waals surface area contributed by atoms with E-state index in [-0.39, 0.29) is 17.5 Å². The fourth-order valence-corrected chi connectivity index (χ4v) is 2.64. The molecule has 0 bridgehead atoms. The van der Waals surface area contributed by atoms with Crippen molar-refractivity contribution >= 4 is 5.78 Å². The van der Waals surface area contributed by atoms with Crippen LogP contribution in [0.4, 0.5) is 4.39 Å².